The molecule has 0 aromatic heterocycles. The first kappa shape index (κ1) is 12.0. The molecule has 0 spiro atoms. The highest BCUT2D eigenvalue weighted by Crippen LogP contribution is 2.32. The lowest BCUT2D eigenvalue weighted by Crippen LogP contribution is -2.13. The van der Waals surface area contributed by atoms with Crippen molar-refractivity contribution in [2.45, 2.75) is 6.61 Å². The van der Waals surface area contributed by atoms with Crippen molar-refractivity contribution in [3.8, 4) is 11.5 Å². The molecule has 17 heavy (non-hydrogen) atoms. The molecule has 1 heterocycles. The van der Waals surface area contributed by atoms with Gasteiger partial charge in [-0.1, -0.05) is 12.6 Å². The molecule has 0 amide bonds. The van der Waals surface area contributed by atoms with E-state index < -0.39 is 0 Å². The Labute approximate surface area is 101 Å². The predicted octanol–water partition coefficient (Wildman–Crippen LogP) is 1.71. The first-order chi connectivity index (χ1) is 8.29. The van der Waals surface area contributed by atoms with Crippen molar-refractivity contribution in [1.29, 1.82) is 0 Å². The van der Waals surface area contributed by atoms with E-state index in [1.54, 1.807) is 0 Å². The van der Waals surface area contributed by atoms with Crippen LogP contribution in [0.25, 0.3) is 0 Å². The van der Waals surface area contributed by atoms with Crippen LogP contribution in [0.2, 0.25) is 0 Å². The number of rotatable bonds is 6. The molecule has 0 radical (unpaired) electrons. The summed E-state index contributed by atoms with van der Waals surface area (Å²) >= 11 is 0. The lowest BCUT2D eigenvalue weighted by Gasteiger charge is -2.07. The van der Waals surface area contributed by atoms with Crippen molar-refractivity contribution in [1.82, 2.24) is 5.32 Å². The van der Waals surface area contributed by atoms with Crippen LogP contribution in [0.3, 0.4) is 0 Å². The molecule has 0 saturated heterocycles. The van der Waals surface area contributed by atoms with Gasteiger partial charge in [-0.15, -0.1) is 0 Å². The first-order valence-corrected chi connectivity index (χ1v) is 5.57. The van der Waals surface area contributed by atoms with E-state index >= 15 is 0 Å². The van der Waals surface area contributed by atoms with Gasteiger partial charge in [0.05, 0.1) is 13.2 Å². The standard InChI is InChI=1S/C13H17NO3/c1-10(6-14-2)7-15-8-11-3-4-12-13(5-11)17-9-16-12/h3-5,14H,1,6-9H2,2H3. The summed E-state index contributed by atoms with van der Waals surface area (Å²) in [5.41, 5.74) is 2.11. The maximum absolute atomic E-state index is 5.56. The van der Waals surface area contributed by atoms with Gasteiger partial charge < -0.3 is 19.5 Å². The summed E-state index contributed by atoms with van der Waals surface area (Å²) in [6.07, 6.45) is 0. The first-order valence-electron chi connectivity index (χ1n) is 5.57. The zero-order valence-electron chi connectivity index (χ0n) is 9.99. The van der Waals surface area contributed by atoms with E-state index in [-0.39, 0.29) is 0 Å². The van der Waals surface area contributed by atoms with Crippen molar-refractivity contribution in [2.24, 2.45) is 0 Å². The molecule has 0 atom stereocenters. The number of hydrogen-bond donors (Lipinski definition) is 1. The summed E-state index contributed by atoms with van der Waals surface area (Å²) in [7, 11) is 1.89. The molecule has 0 bridgehead atoms. The Hall–Kier alpha value is -1.52. The van der Waals surface area contributed by atoms with Gasteiger partial charge in [0.25, 0.3) is 0 Å². The number of ether oxygens (including phenoxy) is 3. The topological polar surface area (TPSA) is 39.7 Å². The second-order valence-corrected chi connectivity index (χ2v) is 3.96. The molecule has 1 aromatic carbocycles. The highest BCUT2D eigenvalue weighted by molar-refractivity contribution is 5.44. The van der Waals surface area contributed by atoms with E-state index in [2.05, 4.69) is 11.9 Å². The minimum atomic E-state index is 0.304. The molecule has 0 fully saturated rings. The van der Waals surface area contributed by atoms with E-state index in [1.807, 2.05) is 25.2 Å². The van der Waals surface area contributed by atoms with Gasteiger partial charge in [-0.2, -0.15) is 0 Å². The Morgan fingerprint density at radius 3 is 3.06 bits per heavy atom. The number of benzene rings is 1. The van der Waals surface area contributed by atoms with E-state index in [0.717, 1.165) is 29.2 Å². The predicted molar refractivity (Wildman–Crippen MR) is 65.3 cm³/mol. The van der Waals surface area contributed by atoms with Gasteiger partial charge in [0, 0.05) is 6.54 Å². The highest BCUT2D eigenvalue weighted by Gasteiger charge is 2.12. The molecule has 1 aliphatic heterocycles. The van der Waals surface area contributed by atoms with E-state index in [0.29, 0.717) is 20.0 Å². The third-order valence-corrected chi connectivity index (χ3v) is 2.44. The summed E-state index contributed by atoms with van der Waals surface area (Å²) in [6, 6.07) is 5.83. The Kier molecular flexibility index (Phi) is 4.01. The molecule has 4 heteroatoms. The molecule has 2 rings (SSSR count). The van der Waals surface area contributed by atoms with Crippen molar-refractivity contribution in [3.05, 3.63) is 35.9 Å². The van der Waals surface area contributed by atoms with Gasteiger partial charge in [0.2, 0.25) is 6.79 Å². The Bertz CT molecular complexity index is 404. The monoisotopic (exact) mass is 235 g/mol. The molecule has 1 N–H and O–H groups in total. The third-order valence-electron chi connectivity index (χ3n) is 2.44. The molecular weight excluding hydrogens is 218 g/mol. The summed E-state index contributed by atoms with van der Waals surface area (Å²) in [4.78, 5) is 0. The molecular formula is C13H17NO3. The van der Waals surface area contributed by atoms with Crippen LogP contribution in [-0.2, 0) is 11.3 Å². The Morgan fingerprint density at radius 1 is 1.41 bits per heavy atom. The van der Waals surface area contributed by atoms with Crippen LogP contribution in [0.5, 0.6) is 11.5 Å². The van der Waals surface area contributed by atoms with Crippen LogP contribution >= 0.6 is 0 Å². The number of likely N-dealkylation sites (N-methyl/N-ethyl adjacent to an activating group) is 1. The van der Waals surface area contributed by atoms with Gasteiger partial charge in [0.15, 0.2) is 11.5 Å². The number of nitrogens with one attached hydrogen (secondary N) is 1. The lowest BCUT2D eigenvalue weighted by atomic mass is 10.2. The van der Waals surface area contributed by atoms with Crippen LogP contribution in [-0.4, -0.2) is 27.0 Å². The quantitative estimate of drug-likeness (QED) is 0.762. The third kappa shape index (κ3) is 3.22. The fourth-order valence-corrected chi connectivity index (χ4v) is 1.64. The molecule has 0 saturated carbocycles. The SMILES string of the molecule is C=C(CNC)COCc1ccc2c(c1)OCO2. The van der Waals surface area contributed by atoms with Crippen LogP contribution in [0.1, 0.15) is 5.56 Å². The van der Waals surface area contributed by atoms with E-state index in [1.165, 1.54) is 0 Å². The smallest absolute Gasteiger partial charge is 0.231 e. The van der Waals surface area contributed by atoms with Gasteiger partial charge >= 0.3 is 0 Å². The lowest BCUT2D eigenvalue weighted by molar-refractivity contribution is 0.141. The molecule has 4 nitrogen and oxygen atoms in total. The van der Waals surface area contributed by atoms with Gasteiger partial charge in [-0.05, 0) is 30.3 Å². The largest absolute Gasteiger partial charge is 0.454 e. The minimum absolute atomic E-state index is 0.304. The molecule has 1 aliphatic rings. The number of fused-ring (bicyclic) bond motifs is 1. The van der Waals surface area contributed by atoms with Crippen LogP contribution in [0, 0.1) is 0 Å². The fraction of sp³-hybridized carbons (Fsp3) is 0.385. The van der Waals surface area contributed by atoms with Gasteiger partial charge in [-0.25, -0.2) is 0 Å². The van der Waals surface area contributed by atoms with Crippen molar-refractivity contribution < 1.29 is 14.2 Å². The van der Waals surface area contributed by atoms with Crippen molar-refractivity contribution in [3.63, 3.8) is 0 Å². The van der Waals surface area contributed by atoms with Crippen molar-refractivity contribution >= 4 is 0 Å². The zero-order chi connectivity index (χ0) is 12.1. The number of hydrogen-bond acceptors (Lipinski definition) is 4. The minimum Gasteiger partial charge on any atom is -0.454 e. The summed E-state index contributed by atoms with van der Waals surface area (Å²) in [5, 5.41) is 3.03. The van der Waals surface area contributed by atoms with Crippen LogP contribution in [0.15, 0.2) is 30.4 Å². The normalized spacial score (nSPS) is 12.8. The second kappa shape index (κ2) is 5.70. The molecule has 1 aromatic rings. The fourth-order valence-electron chi connectivity index (χ4n) is 1.64. The second-order valence-electron chi connectivity index (χ2n) is 3.96. The average molecular weight is 235 g/mol. The van der Waals surface area contributed by atoms with Gasteiger partial charge in [-0.3, -0.25) is 0 Å². The summed E-state index contributed by atoms with van der Waals surface area (Å²) in [6.45, 7) is 6.10. The van der Waals surface area contributed by atoms with Crippen LogP contribution < -0.4 is 14.8 Å². The maximum Gasteiger partial charge on any atom is 0.231 e. The van der Waals surface area contributed by atoms with Gasteiger partial charge in [0.1, 0.15) is 0 Å². The Balaban J connectivity index is 1.81. The summed E-state index contributed by atoms with van der Waals surface area (Å²) < 4.78 is 16.1. The van der Waals surface area contributed by atoms with Crippen molar-refractivity contribution in [2.75, 3.05) is 27.0 Å². The molecule has 92 valence electrons. The van der Waals surface area contributed by atoms with Crippen LogP contribution in [0.4, 0.5) is 0 Å². The Morgan fingerprint density at radius 2 is 2.24 bits per heavy atom. The summed E-state index contributed by atoms with van der Waals surface area (Å²) in [5.74, 6) is 1.59. The highest BCUT2D eigenvalue weighted by atomic mass is 16.7. The molecule has 0 unspecified atom stereocenters. The van der Waals surface area contributed by atoms with E-state index in [4.69, 9.17) is 14.2 Å². The maximum atomic E-state index is 5.56. The van der Waals surface area contributed by atoms with E-state index in [9.17, 15) is 0 Å². The average Bonchev–Trinajstić information content (AvgIpc) is 2.76. The molecule has 0 aliphatic carbocycles. The zero-order valence-corrected chi connectivity index (χ0v) is 9.99.